The quantitative estimate of drug-likeness (QED) is 0.854. The largest absolute Gasteiger partial charge is 0.462 e. The molecule has 0 saturated carbocycles. The average Bonchev–Trinajstić information content (AvgIpc) is 2.87. The van der Waals surface area contributed by atoms with E-state index in [1.807, 2.05) is 6.07 Å². The number of unbranched alkanes of at least 4 members (excludes halogenated alkanes) is 1. The number of carbonyl (C=O) groups excluding carboxylic acids is 2. The third-order valence-electron chi connectivity index (χ3n) is 3.51. The molecule has 0 aliphatic carbocycles. The summed E-state index contributed by atoms with van der Waals surface area (Å²) in [7, 11) is 0. The number of hydrogen-bond acceptors (Lipinski definition) is 5. The van der Waals surface area contributed by atoms with Gasteiger partial charge >= 0.3 is 12.0 Å². The van der Waals surface area contributed by atoms with Crippen molar-refractivity contribution in [3.8, 4) is 0 Å². The molecule has 2 aromatic rings. The van der Waals surface area contributed by atoms with Gasteiger partial charge in [-0.1, -0.05) is 13.3 Å². The highest BCUT2D eigenvalue weighted by molar-refractivity contribution is 7.21. The summed E-state index contributed by atoms with van der Waals surface area (Å²) in [6.45, 7) is 4.74. The van der Waals surface area contributed by atoms with Gasteiger partial charge in [-0.15, -0.1) is 11.3 Å². The van der Waals surface area contributed by atoms with Crippen LogP contribution in [0.25, 0.3) is 10.1 Å². The fourth-order valence-electron chi connectivity index (χ4n) is 2.49. The maximum Gasteiger partial charge on any atom is 0.350 e. The minimum absolute atomic E-state index is 0.245. The lowest BCUT2D eigenvalue weighted by atomic mass is 10.2. The summed E-state index contributed by atoms with van der Waals surface area (Å²) in [5, 5.41) is 3.65. The van der Waals surface area contributed by atoms with E-state index in [0.717, 1.165) is 22.9 Å². The maximum atomic E-state index is 12.4. The molecule has 2 aromatic heterocycles. The molecule has 22 heavy (non-hydrogen) atoms. The number of nitrogens with zero attached hydrogens (tertiary/aromatic N) is 2. The summed E-state index contributed by atoms with van der Waals surface area (Å²) in [5.74, 6) is 0.212. The van der Waals surface area contributed by atoms with Crippen molar-refractivity contribution in [3.63, 3.8) is 0 Å². The predicted molar refractivity (Wildman–Crippen MR) is 86.8 cm³/mol. The van der Waals surface area contributed by atoms with E-state index in [2.05, 4.69) is 17.2 Å². The first-order valence-corrected chi connectivity index (χ1v) is 8.16. The van der Waals surface area contributed by atoms with E-state index in [1.54, 1.807) is 18.0 Å². The molecule has 0 fully saturated rings. The summed E-state index contributed by atoms with van der Waals surface area (Å²) >= 11 is 1.32. The highest BCUT2D eigenvalue weighted by Crippen LogP contribution is 2.43. The van der Waals surface area contributed by atoms with Crippen molar-refractivity contribution in [2.45, 2.75) is 26.7 Å². The van der Waals surface area contributed by atoms with E-state index in [1.165, 1.54) is 11.3 Å². The predicted octanol–water partition coefficient (Wildman–Crippen LogP) is 3.63. The van der Waals surface area contributed by atoms with Crippen LogP contribution in [0.3, 0.4) is 0 Å². The summed E-state index contributed by atoms with van der Waals surface area (Å²) in [4.78, 5) is 30.9. The first kappa shape index (κ1) is 14.8. The van der Waals surface area contributed by atoms with Crippen molar-refractivity contribution < 1.29 is 14.3 Å². The zero-order valence-electron chi connectivity index (χ0n) is 12.5. The van der Waals surface area contributed by atoms with Gasteiger partial charge in [0.2, 0.25) is 0 Å². The van der Waals surface area contributed by atoms with Crippen molar-refractivity contribution in [1.29, 1.82) is 0 Å². The summed E-state index contributed by atoms with van der Waals surface area (Å²) < 4.78 is 6.00. The molecule has 7 heteroatoms. The Balaban J connectivity index is 2.12. The van der Waals surface area contributed by atoms with Crippen LogP contribution >= 0.6 is 11.3 Å². The van der Waals surface area contributed by atoms with Crippen molar-refractivity contribution in [2.75, 3.05) is 23.4 Å². The highest BCUT2D eigenvalue weighted by atomic mass is 32.1. The second-order valence-corrected chi connectivity index (χ2v) is 6.02. The molecule has 3 rings (SSSR count). The molecular weight excluding hydrogens is 302 g/mol. The number of hydrogen-bond donors (Lipinski definition) is 1. The van der Waals surface area contributed by atoms with Crippen molar-refractivity contribution in [3.05, 3.63) is 17.1 Å². The normalized spacial score (nSPS) is 13.4. The number of thiophene rings is 1. The molecule has 116 valence electrons. The lowest BCUT2D eigenvalue weighted by Crippen LogP contribution is -2.39. The molecule has 0 radical (unpaired) electrons. The topological polar surface area (TPSA) is 71.5 Å². The zero-order valence-corrected chi connectivity index (χ0v) is 13.3. The standard InChI is InChI=1S/C15H17N3O3S/c1-3-5-8-18-13-10-9(6-7-16-13)22-12(14(19)21-4-2)11(10)17-15(18)20/h6-7H,3-5,8H2,1-2H3,(H,17,20). The van der Waals surface area contributed by atoms with Gasteiger partial charge in [0.15, 0.2) is 0 Å². The number of aromatic nitrogens is 1. The Morgan fingerprint density at radius 2 is 2.27 bits per heavy atom. The summed E-state index contributed by atoms with van der Waals surface area (Å²) in [5.41, 5.74) is 0.527. The van der Waals surface area contributed by atoms with Crippen LogP contribution in [-0.2, 0) is 4.74 Å². The number of amides is 2. The van der Waals surface area contributed by atoms with Crippen LogP contribution in [0.1, 0.15) is 36.4 Å². The third-order valence-corrected chi connectivity index (χ3v) is 4.65. The van der Waals surface area contributed by atoms with Gasteiger partial charge in [0, 0.05) is 17.4 Å². The Morgan fingerprint density at radius 1 is 1.45 bits per heavy atom. The van der Waals surface area contributed by atoms with Crippen LogP contribution in [0.4, 0.5) is 16.3 Å². The van der Waals surface area contributed by atoms with Crippen LogP contribution in [0, 0.1) is 0 Å². The van der Waals surface area contributed by atoms with Crippen LogP contribution < -0.4 is 10.2 Å². The number of nitrogens with one attached hydrogen (secondary N) is 1. The smallest absolute Gasteiger partial charge is 0.350 e. The molecule has 0 atom stereocenters. The summed E-state index contributed by atoms with van der Waals surface area (Å²) in [6, 6.07) is 1.61. The van der Waals surface area contributed by atoms with E-state index in [9.17, 15) is 9.59 Å². The van der Waals surface area contributed by atoms with E-state index < -0.39 is 5.97 Å². The Bertz CT molecular complexity index is 741. The SMILES string of the molecule is CCCCN1C(=O)Nc2c(C(=O)OCC)sc3ccnc1c23. The van der Waals surface area contributed by atoms with Crippen molar-refractivity contribution in [2.24, 2.45) is 0 Å². The average molecular weight is 319 g/mol. The minimum atomic E-state index is -0.410. The van der Waals surface area contributed by atoms with Crippen LogP contribution in [0.5, 0.6) is 0 Å². The number of pyridine rings is 1. The van der Waals surface area contributed by atoms with Gasteiger partial charge in [-0.3, -0.25) is 4.90 Å². The summed E-state index contributed by atoms with van der Waals surface area (Å²) in [6.07, 6.45) is 3.56. The Morgan fingerprint density at radius 3 is 3.00 bits per heavy atom. The van der Waals surface area contributed by atoms with Gasteiger partial charge in [0.05, 0.1) is 17.7 Å². The fourth-order valence-corrected chi connectivity index (χ4v) is 3.53. The van der Waals surface area contributed by atoms with Crippen LogP contribution in [-0.4, -0.2) is 30.1 Å². The first-order chi connectivity index (χ1) is 10.7. The first-order valence-electron chi connectivity index (χ1n) is 7.34. The molecule has 0 aromatic carbocycles. The number of esters is 1. The van der Waals surface area contributed by atoms with Gasteiger partial charge in [-0.05, 0) is 19.4 Å². The molecule has 0 saturated heterocycles. The number of urea groups is 1. The number of ether oxygens (including phenoxy) is 1. The molecule has 2 amide bonds. The van der Waals surface area contributed by atoms with E-state index >= 15 is 0 Å². The third kappa shape index (κ3) is 2.31. The lowest BCUT2D eigenvalue weighted by Gasteiger charge is -2.27. The molecule has 1 aliphatic heterocycles. The van der Waals surface area contributed by atoms with Gasteiger partial charge in [0.25, 0.3) is 0 Å². The number of rotatable bonds is 5. The van der Waals surface area contributed by atoms with Crippen molar-refractivity contribution in [1.82, 2.24) is 4.98 Å². The van der Waals surface area contributed by atoms with E-state index in [4.69, 9.17) is 4.74 Å². The van der Waals surface area contributed by atoms with Gasteiger partial charge in [-0.2, -0.15) is 0 Å². The Labute approximate surface area is 132 Å². The molecule has 6 nitrogen and oxygen atoms in total. The zero-order chi connectivity index (χ0) is 15.7. The molecular formula is C15H17N3O3S. The van der Waals surface area contributed by atoms with Gasteiger partial charge < -0.3 is 10.1 Å². The Kier molecular flexibility index (Phi) is 3.98. The second kappa shape index (κ2) is 5.92. The number of anilines is 2. The monoisotopic (exact) mass is 319 g/mol. The van der Waals surface area contributed by atoms with E-state index in [-0.39, 0.29) is 6.03 Å². The maximum absolute atomic E-state index is 12.4. The van der Waals surface area contributed by atoms with E-state index in [0.29, 0.717) is 29.5 Å². The second-order valence-electron chi connectivity index (χ2n) is 4.97. The van der Waals surface area contributed by atoms with Crippen LogP contribution in [0.2, 0.25) is 0 Å². The van der Waals surface area contributed by atoms with Gasteiger partial charge in [0.1, 0.15) is 10.7 Å². The number of carbonyl (C=O) groups is 2. The molecule has 3 heterocycles. The molecule has 0 spiro atoms. The molecule has 0 unspecified atom stereocenters. The molecule has 1 aliphatic rings. The minimum Gasteiger partial charge on any atom is -0.462 e. The van der Waals surface area contributed by atoms with Crippen molar-refractivity contribution >= 4 is 44.9 Å². The van der Waals surface area contributed by atoms with Gasteiger partial charge in [-0.25, -0.2) is 14.6 Å². The fraction of sp³-hybridized carbons (Fsp3) is 0.400. The lowest BCUT2D eigenvalue weighted by molar-refractivity contribution is 0.0533. The molecule has 1 N–H and O–H groups in total. The highest BCUT2D eigenvalue weighted by Gasteiger charge is 2.32. The van der Waals surface area contributed by atoms with Crippen LogP contribution in [0.15, 0.2) is 12.3 Å². The molecule has 0 bridgehead atoms. The Hall–Kier alpha value is -2.15.